The molecule has 6 nitrogen and oxygen atoms in total. The van der Waals surface area contributed by atoms with Crippen molar-refractivity contribution in [2.75, 3.05) is 7.11 Å². The fourth-order valence-electron chi connectivity index (χ4n) is 1.77. The topological polar surface area (TPSA) is 66.0 Å². The largest absolute Gasteiger partial charge is 0.460 e. The number of nitrogens with one attached hydrogen (secondary N) is 1. The quantitative estimate of drug-likeness (QED) is 0.323. The highest BCUT2D eigenvalue weighted by Crippen LogP contribution is 2.35. The molecule has 0 fully saturated rings. The van der Waals surface area contributed by atoms with Gasteiger partial charge in [-0.2, -0.15) is 4.67 Å². The van der Waals surface area contributed by atoms with Gasteiger partial charge in [0.1, 0.15) is 18.4 Å². The van der Waals surface area contributed by atoms with E-state index in [4.69, 9.17) is 13.9 Å². The second-order valence-corrected chi connectivity index (χ2v) is 5.95. The van der Waals surface area contributed by atoms with Crippen LogP contribution in [0.5, 0.6) is 5.75 Å². The molecule has 0 aromatic heterocycles. The van der Waals surface area contributed by atoms with Gasteiger partial charge in [0.25, 0.3) is 0 Å². The minimum Gasteiger partial charge on any atom is -0.460 e. The van der Waals surface area contributed by atoms with E-state index in [9.17, 15) is 4.79 Å². The maximum absolute atomic E-state index is 12.1. The van der Waals surface area contributed by atoms with Crippen molar-refractivity contribution in [3.05, 3.63) is 66.2 Å². The van der Waals surface area contributed by atoms with E-state index in [1.165, 1.54) is 7.11 Å². The zero-order chi connectivity index (χ0) is 17.2. The Hall–Kier alpha value is -1.98. The summed E-state index contributed by atoms with van der Waals surface area (Å²) in [5.41, 5.74) is 0.925. The molecule has 2 rings (SSSR count). The molecule has 0 aliphatic rings. The molecule has 128 valence electrons. The lowest BCUT2D eigenvalue weighted by atomic mass is 10.2. The second kappa shape index (κ2) is 10.0. The molecule has 0 spiro atoms. The predicted molar refractivity (Wildman–Crippen MR) is 90.9 cm³/mol. The fraction of sp³-hybridized carbons (Fsp3) is 0.235. The summed E-state index contributed by atoms with van der Waals surface area (Å²) in [6.07, 6.45) is 0. The molecule has 0 saturated carbocycles. The molecule has 2 atom stereocenters. The van der Waals surface area contributed by atoms with Crippen LogP contribution in [0.15, 0.2) is 60.7 Å². The number of hydrogen-bond donors (Lipinski definition) is 1. The Balaban J connectivity index is 1.84. The molecule has 24 heavy (non-hydrogen) atoms. The molecule has 0 aliphatic heterocycles. The van der Waals surface area contributed by atoms with Crippen LogP contribution in [0.2, 0.25) is 0 Å². The van der Waals surface area contributed by atoms with Crippen LogP contribution in [0.3, 0.4) is 0 Å². The molecule has 2 aromatic carbocycles. The summed E-state index contributed by atoms with van der Waals surface area (Å²) in [7, 11) is -0.268. The lowest BCUT2D eigenvalue weighted by Crippen LogP contribution is -2.33. The van der Waals surface area contributed by atoms with E-state index in [-0.39, 0.29) is 6.61 Å². The maximum atomic E-state index is 12.1. The smallest absolute Gasteiger partial charge is 0.349 e. The van der Waals surface area contributed by atoms with E-state index in [0.29, 0.717) is 5.75 Å². The van der Waals surface area contributed by atoms with Gasteiger partial charge in [0.2, 0.25) is 0 Å². The first-order valence-corrected chi connectivity index (χ1v) is 8.57. The Morgan fingerprint density at radius 3 is 2.33 bits per heavy atom. The van der Waals surface area contributed by atoms with E-state index in [1.54, 1.807) is 19.1 Å². The van der Waals surface area contributed by atoms with Gasteiger partial charge in [0, 0.05) is 0 Å². The zero-order valence-corrected chi connectivity index (χ0v) is 14.4. The Kier molecular flexibility index (Phi) is 7.65. The minimum absolute atomic E-state index is 0.217. The first-order chi connectivity index (χ1) is 11.7. The average Bonchev–Trinajstić information content (AvgIpc) is 2.61. The van der Waals surface area contributed by atoms with Gasteiger partial charge in [-0.05, 0) is 24.6 Å². The molecule has 0 heterocycles. The number of carbonyl (C=O) groups is 1. The van der Waals surface area contributed by atoms with Crippen LogP contribution < -0.4 is 9.61 Å². The predicted octanol–water partition coefficient (Wildman–Crippen LogP) is 3.59. The second-order valence-electron chi connectivity index (χ2n) is 4.85. The number of ether oxygens (including phenoxy) is 1. The normalized spacial score (nSPS) is 13.1. The third-order valence-electron chi connectivity index (χ3n) is 2.95. The van der Waals surface area contributed by atoms with Crippen molar-refractivity contribution < 1.29 is 23.6 Å². The average molecular weight is 349 g/mol. The summed E-state index contributed by atoms with van der Waals surface area (Å²) in [5.74, 6) is 0.209. The van der Waals surface area contributed by atoms with Gasteiger partial charge < -0.3 is 9.26 Å². The van der Waals surface area contributed by atoms with Crippen LogP contribution in [0.4, 0.5) is 0 Å². The van der Waals surface area contributed by atoms with E-state index < -0.39 is 20.5 Å². The highest BCUT2D eigenvalue weighted by atomic mass is 31.2. The SMILES string of the molecule is COOP(NC(C)C(=O)OCc1ccccc1)Oc1ccccc1. The fourth-order valence-corrected chi connectivity index (χ4v) is 2.77. The summed E-state index contributed by atoms with van der Waals surface area (Å²) < 4.78 is 16.0. The molecule has 0 bridgehead atoms. The van der Waals surface area contributed by atoms with Crippen LogP contribution in [0.1, 0.15) is 12.5 Å². The molecule has 1 N–H and O–H groups in total. The molecule has 2 aromatic rings. The molecular formula is C17H20NO5P. The van der Waals surface area contributed by atoms with Gasteiger partial charge in [0.05, 0.1) is 7.11 Å². The number of benzene rings is 2. The maximum Gasteiger partial charge on any atom is 0.349 e. The van der Waals surface area contributed by atoms with Crippen molar-refractivity contribution in [2.24, 2.45) is 0 Å². The number of para-hydroxylation sites is 1. The van der Waals surface area contributed by atoms with Crippen molar-refractivity contribution in [3.8, 4) is 5.75 Å². The molecule has 2 unspecified atom stereocenters. The highest BCUT2D eigenvalue weighted by Gasteiger charge is 2.23. The van der Waals surface area contributed by atoms with Crippen LogP contribution >= 0.6 is 8.53 Å². The highest BCUT2D eigenvalue weighted by molar-refractivity contribution is 7.45. The molecule has 7 heteroatoms. The Morgan fingerprint density at radius 2 is 1.71 bits per heavy atom. The zero-order valence-electron chi connectivity index (χ0n) is 13.5. The van der Waals surface area contributed by atoms with Gasteiger partial charge in [-0.15, -0.1) is 0 Å². The first kappa shape index (κ1) is 18.4. The van der Waals surface area contributed by atoms with E-state index in [0.717, 1.165) is 5.56 Å². The van der Waals surface area contributed by atoms with Crippen molar-refractivity contribution in [1.29, 1.82) is 0 Å². The van der Waals surface area contributed by atoms with Crippen LogP contribution in [0.25, 0.3) is 0 Å². The molecule has 0 saturated heterocycles. The monoisotopic (exact) mass is 349 g/mol. The van der Waals surface area contributed by atoms with Crippen molar-refractivity contribution in [1.82, 2.24) is 5.09 Å². The molecule has 0 radical (unpaired) electrons. The summed E-state index contributed by atoms with van der Waals surface area (Å²) >= 11 is 0. The van der Waals surface area contributed by atoms with E-state index in [1.807, 2.05) is 48.5 Å². The van der Waals surface area contributed by atoms with Gasteiger partial charge in [-0.3, -0.25) is 4.79 Å². The standard InChI is InChI=1S/C17H20NO5P/c1-14(17(19)21-13-15-9-5-3-6-10-15)18-24(23-20-2)22-16-11-7-4-8-12-16/h3-12,14,18H,13H2,1-2H3. The Labute approximate surface area is 142 Å². The van der Waals surface area contributed by atoms with E-state index >= 15 is 0 Å². The number of hydrogen-bond acceptors (Lipinski definition) is 6. The van der Waals surface area contributed by atoms with Gasteiger partial charge in [-0.25, -0.2) is 9.97 Å². The summed E-state index contributed by atoms with van der Waals surface area (Å²) in [6, 6.07) is 18.0. The van der Waals surface area contributed by atoms with Crippen molar-refractivity contribution in [2.45, 2.75) is 19.6 Å². The number of rotatable bonds is 9. The van der Waals surface area contributed by atoms with Crippen LogP contribution in [0, 0.1) is 0 Å². The third-order valence-corrected chi connectivity index (χ3v) is 4.21. The first-order valence-electron chi connectivity index (χ1n) is 7.39. The van der Waals surface area contributed by atoms with E-state index in [2.05, 4.69) is 9.97 Å². The number of carbonyl (C=O) groups excluding carboxylic acids is 1. The molecular weight excluding hydrogens is 329 g/mol. The lowest BCUT2D eigenvalue weighted by molar-refractivity contribution is -0.178. The van der Waals surface area contributed by atoms with Gasteiger partial charge in [0.15, 0.2) is 0 Å². The Bertz CT molecular complexity index is 611. The number of esters is 1. The van der Waals surface area contributed by atoms with Crippen LogP contribution in [-0.4, -0.2) is 19.1 Å². The van der Waals surface area contributed by atoms with Crippen LogP contribution in [-0.2, 0) is 25.7 Å². The molecule has 0 aliphatic carbocycles. The lowest BCUT2D eigenvalue weighted by Gasteiger charge is -2.20. The van der Waals surface area contributed by atoms with Gasteiger partial charge in [-0.1, -0.05) is 48.5 Å². The Morgan fingerprint density at radius 1 is 1.08 bits per heavy atom. The summed E-state index contributed by atoms with van der Waals surface area (Å²) in [6.45, 7) is 1.89. The van der Waals surface area contributed by atoms with Crippen molar-refractivity contribution >= 4 is 14.5 Å². The van der Waals surface area contributed by atoms with Gasteiger partial charge >= 0.3 is 14.5 Å². The summed E-state index contributed by atoms with van der Waals surface area (Å²) in [4.78, 5) is 16.8. The molecule has 0 amide bonds. The van der Waals surface area contributed by atoms with Crippen molar-refractivity contribution in [3.63, 3.8) is 0 Å². The minimum atomic E-state index is -1.65. The summed E-state index contributed by atoms with van der Waals surface area (Å²) in [5, 5.41) is 2.92. The third kappa shape index (κ3) is 6.26.